The third kappa shape index (κ3) is 4.77. The molecule has 0 spiro atoms. The molecule has 0 radical (unpaired) electrons. The van der Waals surface area contributed by atoms with Gasteiger partial charge in [0.05, 0.1) is 26.4 Å². The summed E-state index contributed by atoms with van der Waals surface area (Å²) in [6, 6.07) is 0. The number of ether oxygens (including phenoxy) is 7. The monoisotopic (exact) mass is 392 g/mol. The van der Waals surface area contributed by atoms with Gasteiger partial charge in [-0.15, -0.1) is 11.6 Å². The van der Waals surface area contributed by atoms with Crippen LogP contribution in [0.2, 0.25) is 0 Å². The van der Waals surface area contributed by atoms with Crippen molar-refractivity contribution >= 4 is 11.6 Å². The molecule has 8 heteroatoms. The molecule has 3 saturated heterocycles. The van der Waals surface area contributed by atoms with E-state index in [-0.39, 0.29) is 24.4 Å². The molecule has 26 heavy (non-hydrogen) atoms. The molecular formula is C18H29ClO7. The van der Waals surface area contributed by atoms with E-state index in [1.807, 2.05) is 27.7 Å². The molecule has 0 amide bonds. The van der Waals surface area contributed by atoms with E-state index in [9.17, 15) is 0 Å². The van der Waals surface area contributed by atoms with Crippen LogP contribution in [-0.2, 0) is 33.2 Å². The van der Waals surface area contributed by atoms with Crippen LogP contribution in [-0.4, -0.2) is 74.6 Å². The summed E-state index contributed by atoms with van der Waals surface area (Å²) in [5, 5.41) is 0. The molecule has 3 rings (SSSR count). The Morgan fingerprint density at radius 3 is 2.46 bits per heavy atom. The Hall–Kier alpha value is -0.250. The zero-order valence-corrected chi connectivity index (χ0v) is 16.6. The molecular weight excluding hydrogens is 364 g/mol. The molecule has 3 aliphatic rings. The van der Waals surface area contributed by atoms with Gasteiger partial charge in [0, 0.05) is 5.88 Å². The second kappa shape index (κ2) is 8.01. The summed E-state index contributed by atoms with van der Waals surface area (Å²) < 4.78 is 41.3. The Morgan fingerprint density at radius 2 is 1.73 bits per heavy atom. The standard InChI is InChI=1S/C18H29ClO7/c1-11(8-19)9-20-6-7-21-16-15-14(25-18(4,5)26-15)13-12(23-16)10-22-17(2,3)24-13/h12-16H,1,6-10H2,2-5H3/t12-,13-,14+,15+,16+/m1/s1. The lowest BCUT2D eigenvalue weighted by molar-refractivity contribution is -0.370. The minimum atomic E-state index is -0.727. The third-order valence-corrected chi connectivity index (χ3v) is 4.83. The predicted octanol–water partition coefficient (Wildman–Crippen LogP) is 2.21. The van der Waals surface area contributed by atoms with E-state index >= 15 is 0 Å². The van der Waals surface area contributed by atoms with Gasteiger partial charge in [-0.3, -0.25) is 0 Å². The van der Waals surface area contributed by atoms with Crippen LogP contribution in [0.15, 0.2) is 12.2 Å². The van der Waals surface area contributed by atoms with Gasteiger partial charge in [-0.25, -0.2) is 0 Å². The van der Waals surface area contributed by atoms with Crippen LogP contribution in [0, 0.1) is 0 Å². The van der Waals surface area contributed by atoms with E-state index in [4.69, 9.17) is 44.8 Å². The highest BCUT2D eigenvalue weighted by Gasteiger charge is 2.58. The van der Waals surface area contributed by atoms with E-state index in [1.54, 1.807) is 0 Å². The topological polar surface area (TPSA) is 64.6 Å². The molecule has 0 aliphatic carbocycles. The van der Waals surface area contributed by atoms with Crippen molar-refractivity contribution < 1.29 is 33.2 Å². The van der Waals surface area contributed by atoms with Crippen LogP contribution >= 0.6 is 11.6 Å². The lowest BCUT2D eigenvalue weighted by Crippen LogP contribution is -2.64. The summed E-state index contributed by atoms with van der Waals surface area (Å²) in [4.78, 5) is 0. The third-order valence-electron chi connectivity index (χ3n) is 4.45. The first kappa shape index (κ1) is 20.5. The van der Waals surface area contributed by atoms with E-state index < -0.39 is 17.9 Å². The van der Waals surface area contributed by atoms with Gasteiger partial charge in [0.2, 0.25) is 0 Å². The molecule has 0 N–H and O–H groups in total. The van der Waals surface area contributed by atoms with Crippen LogP contribution in [0.25, 0.3) is 0 Å². The van der Waals surface area contributed by atoms with Crippen LogP contribution < -0.4 is 0 Å². The maximum atomic E-state index is 6.10. The fraction of sp³-hybridized carbons (Fsp3) is 0.889. The fourth-order valence-electron chi connectivity index (χ4n) is 3.35. The van der Waals surface area contributed by atoms with Crippen molar-refractivity contribution in [2.45, 2.75) is 70.0 Å². The van der Waals surface area contributed by atoms with Crippen molar-refractivity contribution in [2.75, 3.05) is 32.3 Å². The number of alkyl halides is 1. The summed E-state index contributed by atoms with van der Waals surface area (Å²) in [7, 11) is 0. The molecule has 3 heterocycles. The molecule has 3 fully saturated rings. The summed E-state index contributed by atoms with van der Waals surface area (Å²) in [6.45, 7) is 12.9. The second-order valence-electron chi connectivity index (χ2n) is 7.71. The van der Waals surface area contributed by atoms with E-state index in [0.717, 1.165) is 5.57 Å². The van der Waals surface area contributed by atoms with Crippen molar-refractivity contribution in [3.05, 3.63) is 12.2 Å². The molecule has 7 nitrogen and oxygen atoms in total. The molecule has 0 aromatic rings. The smallest absolute Gasteiger partial charge is 0.187 e. The molecule has 5 atom stereocenters. The van der Waals surface area contributed by atoms with Crippen molar-refractivity contribution in [2.24, 2.45) is 0 Å². The molecule has 0 bridgehead atoms. The molecule has 0 saturated carbocycles. The first-order chi connectivity index (χ1) is 12.2. The Bertz CT molecular complexity index is 510. The van der Waals surface area contributed by atoms with E-state index in [2.05, 4.69) is 6.58 Å². The number of hydrogen-bond donors (Lipinski definition) is 0. The summed E-state index contributed by atoms with van der Waals surface area (Å²) >= 11 is 5.67. The van der Waals surface area contributed by atoms with Gasteiger partial charge in [0.15, 0.2) is 17.9 Å². The number of rotatable bonds is 7. The number of hydrogen-bond acceptors (Lipinski definition) is 7. The Labute approximate surface area is 159 Å². The van der Waals surface area contributed by atoms with Gasteiger partial charge in [-0.2, -0.15) is 0 Å². The SMILES string of the molecule is C=C(CCl)COCCO[C@H]1O[C@@H]2COC(C)(C)O[C@H]2[C@@H]2OC(C)(C)O[C@H]12. The van der Waals surface area contributed by atoms with Crippen molar-refractivity contribution in [3.8, 4) is 0 Å². The molecule has 3 aliphatic heterocycles. The van der Waals surface area contributed by atoms with Gasteiger partial charge < -0.3 is 33.2 Å². The zero-order chi connectivity index (χ0) is 18.9. The van der Waals surface area contributed by atoms with Gasteiger partial charge in [-0.05, 0) is 33.3 Å². The number of halogens is 1. The van der Waals surface area contributed by atoms with Crippen LogP contribution in [0.5, 0.6) is 0 Å². The maximum absolute atomic E-state index is 6.10. The van der Waals surface area contributed by atoms with Crippen LogP contribution in [0.1, 0.15) is 27.7 Å². The quantitative estimate of drug-likeness (QED) is 0.374. The summed E-state index contributed by atoms with van der Waals surface area (Å²) in [6.07, 6.45) is -1.78. The lowest BCUT2D eigenvalue weighted by atomic mass is 9.97. The average molecular weight is 393 g/mol. The first-order valence-corrected chi connectivity index (χ1v) is 9.49. The van der Waals surface area contributed by atoms with Crippen LogP contribution in [0.3, 0.4) is 0 Å². The lowest BCUT2D eigenvalue weighted by Gasteiger charge is -2.48. The summed E-state index contributed by atoms with van der Waals surface area (Å²) in [5.74, 6) is -1.02. The molecule has 0 aromatic heterocycles. The van der Waals surface area contributed by atoms with Gasteiger partial charge in [0.25, 0.3) is 0 Å². The van der Waals surface area contributed by atoms with Crippen LogP contribution in [0.4, 0.5) is 0 Å². The average Bonchev–Trinajstić information content (AvgIpc) is 2.90. The van der Waals surface area contributed by atoms with Gasteiger partial charge in [-0.1, -0.05) is 6.58 Å². The Kier molecular flexibility index (Phi) is 6.31. The van der Waals surface area contributed by atoms with Gasteiger partial charge in [0.1, 0.15) is 24.4 Å². The van der Waals surface area contributed by atoms with E-state index in [0.29, 0.717) is 32.3 Å². The Balaban J connectivity index is 1.58. The van der Waals surface area contributed by atoms with E-state index in [1.165, 1.54) is 0 Å². The zero-order valence-electron chi connectivity index (χ0n) is 15.9. The Morgan fingerprint density at radius 1 is 1.04 bits per heavy atom. The highest BCUT2D eigenvalue weighted by molar-refractivity contribution is 6.19. The van der Waals surface area contributed by atoms with Gasteiger partial charge >= 0.3 is 0 Å². The van der Waals surface area contributed by atoms with Crippen molar-refractivity contribution in [1.82, 2.24) is 0 Å². The second-order valence-corrected chi connectivity index (χ2v) is 7.98. The minimum Gasteiger partial charge on any atom is -0.375 e. The van der Waals surface area contributed by atoms with Crippen molar-refractivity contribution in [3.63, 3.8) is 0 Å². The highest BCUT2D eigenvalue weighted by atomic mass is 35.5. The fourth-order valence-corrected chi connectivity index (χ4v) is 3.43. The first-order valence-electron chi connectivity index (χ1n) is 8.95. The minimum absolute atomic E-state index is 0.270. The molecule has 150 valence electrons. The highest BCUT2D eigenvalue weighted by Crippen LogP contribution is 2.42. The maximum Gasteiger partial charge on any atom is 0.187 e. The van der Waals surface area contributed by atoms with Crippen molar-refractivity contribution in [1.29, 1.82) is 0 Å². The molecule has 0 unspecified atom stereocenters. The summed E-state index contributed by atoms with van der Waals surface area (Å²) in [5.41, 5.74) is 0.830. The normalized spacial score (nSPS) is 37.8. The predicted molar refractivity (Wildman–Crippen MR) is 94.0 cm³/mol. The largest absolute Gasteiger partial charge is 0.375 e. The number of fused-ring (bicyclic) bond motifs is 3. The molecule has 0 aromatic carbocycles.